The number of hydrogen-bond donors (Lipinski definition) is 3. The van der Waals surface area contributed by atoms with E-state index in [0.717, 1.165) is 12.8 Å². The molecule has 1 aliphatic carbocycles. The van der Waals surface area contributed by atoms with Crippen LogP contribution in [0.1, 0.15) is 40.0 Å². The fourth-order valence-electron chi connectivity index (χ4n) is 3.16. The molecular weight excluding hydrogens is 344 g/mol. The number of pyridine rings is 1. The Morgan fingerprint density at radius 3 is 2.70 bits per heavy atom. The summed E-state index contributed by atoms with van der Waals surface area (Å²) < 4.78 is 6.18. The van der Waals surface area contributed by atoms with Crippen LogP contribution in [0.15, 0.2) is 36.5 Å². The van der Waals surface area contributed by atoms with Gasteiger partial charge in [0.2, 0.25) is 11.8 Å². The number of carbonyl (C=O) groups is 2. The maximum absolute atomic E-state index is 12.2. The highest BCUT2D eigenvalue weighted by Gasteiger charge is 2.33. The molecule has 1 aromatic heterocycles. The van der Waals surface area contributed by atoms with Gasteiger partial charge in [-0.1, -0.05) is 32.1 Å². The number of amides is 2. The van der Waals surface area contributed by atoms with Crippen molar-refractivity contribution in [3.05, 3.63) is 36.5 Å². The van der Waals surface area contributed by atoms with Crippen molar-refractivity contribution < 1.29 is 14.3 Å². The van der Waals surface area contributed by atoms with E-state index < -0.39 is 0 Å². The summed E-state index contributed by atoms with van der Waals surface area (Å²) >= 11 is 0. The summed E-state index contributed by atoms with van der Waals surface area (Å²) in [4.78, 5) is 28.0. The first-order valence-corrected chi connectivity index (χ1v) is 9.57. The van der Waals surface area contributed by atoms with Crippen LogP contribution >= 0.6 is 0 Å². The van der Waals surface area contributed by atoms with E-state index in [0.29, 0.717) is 12.2 Å². The van der Waals surface area contributed by atoms with E-state index >= 15 is 0 Å². The highest BCUT2D eigenvalue weighted by atomic mass is 16.5. The molecule has 3 atom stereocenters. The monoisotopic (exact) mass is 374 g/mol. The van der Waals surface area contributed by atoms with E-state index in [4.69, 9.17) is 4.74 Å². The lowest BCUT2D eigenvalue weighted by Crippen LogP contribution is -2.58. The summed E-state index contributed by atoms with van der Waals surface area (Å²) in [6, 6.07) is 5.03. The Balaban J connectivity index is 1.97. The van der Waals surface area contributed by atoms with Gasteiger partial charge < -0.3 is 20.7 Å². The van der Waals surface area contributed by atoms with E-state index in [1.807, 2.05) is 18.2 Å². The molecule has 0 fully saturated rings. The molecule has 27 heavy (non-hydrogen) atoms. The quantitative estimate of drug-likeness (QED) is 0.575. The van der Waals surface area contributed by atoms with Gasteiger partial charge in [-0.25, -0.2) is 4.98 Å². The van der Waals surface area contributed by atoms with Crippen LogP contribution in [-0.4, -0.2) is 47.6 Å². The van der Waals surface area contributed by atoms with Gasteiger partial charge in [0, 0.05) is 19.2 Å². The van der Waals surface area contributed by atoms with Crippen LogP contribution in [-0.2, 0) is 14.3 Å². The largest absolute Gasteiger partial charge is 0.369 e. The fourth-order valence-corrected chi connectivity index (χ4v) is 3.16. The molecule has 0 unspecified atom stereocenters. The van der Waals surface area contributed by atoms with Gasteiger partial charge in [0.15, 0.2) is 0 Å². The second kappa shape index (κ2) is 10.8. The first kappa shape index (κ1) is 21.1. The van der Waals surface area contributed by atoms with Crippen LogP contribution in [0.5, 0.6) is 0 Å². The van der Waals surface area contributed by atoms with Crippen LogP contribution in [0.4, 0.5) is 5.82 Å². The zero-order valence-corrected chi connectivity index (χ0v) is 16.3. The zero-order valence-electron chi connectivity index (χ0n) is 16.3. The maximum atomic E-state index is 12.2. The highest BCUT2D eigenvalue weighted by Crippen LogP contribution is 2.19. The summed E-state index contributed by atoms with van der Waals surface area (Å²) in [6.45, 7) is 5.80. The smallest absolute Gasteiger partial charge is 0.239 e. The third-order valence-electron chi connectivity index (χ3n) is 4.59. The Hall–Kier alpha value is -2.25. The van der Waals surface area contributed by atoms with Crippen molar-refractivity contribution >= 4 is 17.6 Å². The van der Waals surface area contributed by atoms with Crippen molar-refractivity contribution in [2.45, 2.75) is 64.3 Å². The molecule has 0 saturated carbocycles. The predicted octanol–water partition coefficient (Wildman–Crippen LogP) is 2.02. The van der Waals surface area contributed by atoms with Crippen LogP contribution in [0.3, 0.4) is 0 Å². The average Bonchev–Trinajstić information content (AvgIpc) is 2.66. The molecule has 7 heteroatoms. The molecule has 1 heterocycles. The minimum atomic E-state index is -0.226. The van der Waals surface area contributed by atoms with Crippen molar-refractivity contribution in [3.8, 4) is 0 Å². The van der Waals surface area contributed by atoms with Crippen LogP contribution in [0.2, 0.25) is 0 Å². The Morgan fingerprint density at radius 1 is 1.30 bits per heavy atom. The Morgan fingerprint density at radius 2 is 2.07 bits per heavy atom. The maximum Gasteiger partial charge on any atom is 0.239 e. The number of nitrogens with one attached hydrogen (secondary N) is 3. The molecule has 0 aromatic carbocycles. The molecule has 0 radical (unpaired) electrons. The van der Waals surface area contributed by atoms with Crippen LogP contribution in [0.25, 0.3) is 0 Å². The minimum Gasteiger partial charge on any atom is -0.369 e. The number of rotatable bonds is 9. The highest BCUT2D eigenvalue weighted by molar-refractivity contribution is 5.91. The fraction of sp³-hybridized carbons (Fsp3) is 0.550. The standard InChI is InChI=1S/C20H30N4O3/c1-4-15(5-2)27-17-10-8-9-16(20(17)23-14(3)25)22-13-19(26)24-18-11-6-7-12-21-18/h6-8,10-12,15-17,20,22H,4-5,9,13H2,1-3H3,(H,23,25)(H,21,24,26)/t16-,17+,20+/m0/s1. The van der Waals surface area contributed by atoms with Gasteiger partial charge in [0.1, 0.15) is 5.82 Å². The SMILES string of the molecule is CCC(CC)O[C@@H]1C=CC[C@H](NCC(=O)Nc2ccccn2)[C@H]1NC(C)=O. The van der Waals surface area contributed by atoms with Gasteiger partial charge in [-0.15, -0.1) is 0 Å². The lowest BCUT2D eigenvalue weighted by Gasteiger charge is -2.37. The summed E-state index contributed by atoms with van der Waals surface area (Å²) in [5.74, 6) is 0.224. The minimum absolute atomic E-state index is 0.0901. The predicted molar refractivity (Wildman–Crippen MR) is 105 cm³/mol. The molecule has 2 amide bonds. The average molecular weight is 374 g/mol. The Labute approximate surface area is 161 Å². The number of hydrogen-bond acceptors (Lipinski definition) is 5. The summed E-state index contributed by atoms with van der Waals surface area (Å²) in [7, 11) is 0. The Bertz CT molecular complexity index is 631. The van der Waals surface area contributed by atoms with Crippen molar-refractivity contribution in [1.82, 2.24) is 15.6 Å². The summed E-state index contributed by atoms with van der Waals surface area (Å²) in [5.41, 5.74) is 0. The van der Waals surface area contributed by atoms with Crippen molar-refractivity contribution in [3.63, 3.8) is 0 Å². The van der Waals surface area contributed by atoms with Gasteiger partial charge in [-0.05, 0) is 31.4 Å². The lowest BCUT2D eigenvalue weighted by atomic mass is 9.92. The van der Waals surface area contributed by atoms with E-state index in [2.05, 4.69) is 34.8 Å². The van der Waals surface area contributed by atoms with Crippen molar-refractivity contribution in [1.29, 1.82) is 0 Å². The van der Waals surface area contributed by atoms with Crippen molar-refractivity contribution in [2.75, 3.05) is 11.9 Å². The van der Waals surface area contributed by atoms with Gasteiger partial charge in [-0.3, -0.25) is 9.59 Å². The topological polar surface area (TPSA) is 92.3 Å². The second-order valence-corrected chi connectivity index (χ2v) is 6.68. The van der Waals surface area contributed by atoms with E-state index in [9.17, 15) is 9.59 Å². The third-order valence-corrected chi connectivity index (χ3v) is 4.59. The number of ether oxygens (including phenoxy) is 1. The first-order valence-electron chi connectivity index (χ1n) is 9.57. The van der Waals surface area contributed by atoms with Gasteiger partial charge in [0.05, 0.1) is 24.8 Å². The molecule has 7 nitrogen and oxygen atoms in total. The molecule has 1 aliphatic rings. The van der Waals surface area contributed by atoms with E-state index in [1.54, 1.807) is 18.3 Å². The summed E-state index contributed by atoms with van der Waals surface area (Å²) in [6.07, 6.45) is 8.14. The van der Waals surface area contributed by atoms with Gasteiger partial charge >= 0.3 is 0 Å². The molecule has 0 saturated heterocycles. The van der Waals surface area contributed by atoms with Crippen molar-refractivity contribution in [2.24, 2.45) is 0 Å². The lowest BCUT2D eigenvalue weighted by molar-refractivity contribution is -0.121. The third kappa shape index (κ3) is 6.77. The molecule has 0 spiro atoms. The summed E-state index contributed by atoms with van der Waals surface area (Å²) in [5, 5.41) is 8.99. The number of nitrogens with zero attached hydrogens (tertiary/aromatic N) is 1. The number of anilines is 1. The molecule has 148 valence electrons. The van der Waals surface area contributed by atoms with Crippen LogP contribution in [0, 0.1) is 0 Å². The van der Waals surface area contributed by atoms with E-state index in [1.165, 1.54) is 6.92 Å². The molecular formula is C20H30N4O3. The molecule has 2 rings (SSSR count). The molecule has 0 aliphatic heterocycles. The Kier molecular flexibility index (Phi) is 8.42. The molecule has 1 aromatic rings. The number of carbonyl (C=O) groups excluding carboxylic acids is 2. The van der Waals surface area contributed by atoms with E-state index in [-0.39, 0.29) is 42.7 Å². The molecule has 3 N–H and O–H groups in total. The normalized spacial score (nSPS) is 21.9. The zero-order chi connectivity index (χ0) is 19.6. The molecule has 0 bridgehead atoms. The van der Waals surface area contributed by atoms with Crippen LogP contribution < -0.4 is 16.0 Å². The first-order chi connectivity index (χ1) is 13.0. The second-order valence-electron chi connectivity index (χ2n) is 6.68. The van der Waals surface area contributed by atoms with Gasteiger partial charge in [0.25, 0.3) is 0 Å². The number of aromatic nitrogens is 1. The van der Waals surface area contributed by atoms with Gasteiger partial charge in [-0.2, -0.15) is 0 Å².